The van der Waals surface area contributed by atoms with E-state index in [4.69, 9.17) is 4.74 Å². The Kier molecular flexibility index (Phi) is 4.45. The molecular weight excluding hydrogens is 365 g/mol. The second-order valence-electron chi connectivity index (χ2n) is 5.44. The molecule has 0 bridgehead atoms. The molecule has 2 heterocycles. The molecule has 1 aromatic carbocycles. The normalized spacial score (nSPS) is 19.1. The first-order chi connectivity index (χ1) is 11.7. The molecule has 0 radical (unpaired) electrons. The number of alkyl halides is 3. The average Bonchev–Trinajstić information content (AvgIpc) is 2.98. The standard InChI is InChI=1S/C14H13F3N2O5S/c15-14(16,17)25(21,22)24-12-5-4-11-9(10(12)8-20)7-19(18-11)13-3-1-2-6-23-13/h4-5,7-8,13H,1-3,6H2. The number of aromatic nitrogens is 2. The Labute approximate surface area is 140 Å². The van der Waals surface area contributed by atoms with Crippen molar-refractivity contribution in [1.82, 2.24) is 9.78 Å². The van der Waals surface area contributed by atoms with E-state index in [9.17, 15) is 26.4 Å². The molecular formula is C14H13F3N2O5S. The van der Waals surface area contributed by atoms with Gasteiger partial charge in [0.25, 0.3) is 0 Å². The van der Waals surface area contributed by atoms with Crippen molar-refractivity contribution in [2.75, 3.05) is 6.61 Å². The van der Waals surface area contributed by atoms with Crippen molar-refractivity contribution in [2.24, 2.45) is 0 Å². The maximum absolute atomic E-state index is 12.5. The molecule has 25 heavy (non-hydrogen) atoms. The maximum atomic E-state index is 12.5. The van der Waals surface area contributed by atoms with Gasteiger partial charge in [-0.3, -0.25) is 4.79 Å². The summed E-state index contributed by atoms with van der Waals surface area (Å²) in [6.07, 6.45) is 3.88. The van der Waals surface area contributed by atoms with Crippen LogP contribution in [0.2, 0.25) is 0 Å². The van der Waals surface area contributed by atoms with Gasteiger partial charge in [0, 0.05) is 18.2 Å². The van der Waals surface area contributed by atoms with Crippen LogP contribution in [0.15, 0.2) is 18.3 Å². The second-order valence-corrected chi connectivity index (χ2v) is 6.98. The van der Waals surface area contributed by atoms with E-state index in [1.165, 1.54) is 16.9 Å². The Morgan fingerprint density at radius 2 is 2.08 bits per heavy atom. The van der Waals surface area contributed by atoms with Gasteiger partial charge < -0.3 is 8.92 Å². The predicted molar refractivity (Wildman–Crippen MR) is 79.6 cm³/mol. The van der Waals surface area contributed by atoms with Crippen LogP contribution < -0.4 is 4.18 Å². The van der Waals surface area contributed by atoms with E-state index in [1.54, 1.807) is 0 Å². The largest absolute Gasteiger partial charge is 0.534 e. The summed E-state index contributed by atoms with van der Waals surface area (Å²) < 4.78 is 70.9. The van der Waals surface area contributed by atoms with Gasteiger partial charge in [0.1, 0.15) is 6.23 Å². The summed E-state index contributed by atoms with van der Waals surface area (Å²) in [7, 11) is -5.88. The third-order valence-corrected chi connectivity index (χ3v) is 4.73. The number of ether oxygens (including phenoxy) is 1. The van der Waals surface area contributed by atoms with Gasteiger partial charge in [-0.05, 0) is 31.4 Å². The van der Waals surface area contributed by atoms with E-state index in [-0.39, 0.29) is 23.5 Å². The monoisotopic (exact) mass is 378 g/mol. The lowest BCUT2D eigenvalue weighted by atomic mass is 10.1. The fraction of sp³-hybridized carbons (Fsp3) is 0.429. The summed E-state index contributed by atoms with van der Waals surface area (Å²) >= 11 is 0. The van der Waals surface area contributed by atoms with Gasteiger partial charge in [-0.25, -0.2) is 4.68 Å². The zero-order valence-electron chi connectivity index (χ0n) is 12.7. The Morgan fingerprint density at radius 1 is 1.32 bits per heavy atom. The van der Waals surface area contributed by atoms with Crippen molar-refractivity contribution in [1.29, 1.82) is 0 Å². The molecule has 0 aliphatic carbocycles. The molecule has 1 aliphatic heterocycles. The summed E-state index contributed by atoms with van der Waals surface area (Å²) in [6, 6.07) is 2.25. The van der Waals surface area contributed by atoms with Gasteiger partial charge in [-0.2, -0.15) is 26.7 Å². The number of rotatable bonds is 4. The molecule has 1 fully saturated rings. The molecule has 1 unspecified atom stereocenters. The summed E-state index contributed by atoms with van der Waals surface area (Å²) in [4.78, 5) is 11.3. The molecule has 7 nitrogen and oxygen atoms in total. The lowest BCUT2D eigenvalue weighted by molar-refractivity contribution is -0.0500. The van der Waals surface area contributed by atoms with Crippen LogP contribution in [-0.2, 0) is 14.9 Å². The Bertz CT molecular complexity index is 901. The highest BCUT2D eigenvalue weighted by Gasteiger charge is 2.48. The molecule has 2 aromatic rings. The van der Waals surface area contributed by atoms with Gasteiger partial charge in [-0.1, -0.05) is 0 Å². The second kappa shape index (κ2) is 6.30. The Morgan fingerprint density at radius 3 is 2.68 bits per heavy atom. The van der Waals surface area contributed by atoms with E-state index >= 15 is 0 Å². The smallest absolute Gasteiger partial charge is 0.375 e. The van der Waals surface area contributed by atoms with Crippen LogP contribution in [0, 0.1) is 0 Å². The quantitative estimate of drug-likeness (QED) is 0.462. The average molecular weight is 378 g/mol. The lowest BCUT2D eigenvalue weighted by Crippen LogP contribution is -2.28. The fourth-order valence-corrected chi connectivity index (χ4v) is 3.03. The molecule has 0 amide bonds. The van der Waals surface area contributed by atoms with Crippen molar-refractivity contribution in [3.63, 3.8) is 0 Å². The van der Waals surface area contributed by atoms with E-state index in [0.29, 0.717) is 18.5 Å². The van der Waals surface area contributed by atoms with Gasteiger partial charge in [0.2, 0.25) is 0 Å². The van der Waals surface area contributed by atoms with Crippen molar-refractivity contribution < 1.29 is 35.3 Å². The molecule has 1 aromatic heterocycles. The van der Waals surface area contributed by atoms with E-state index in [2.05, 4.69) is 9.28 Å². The first kappa shape index (κ1) is 17.7. The number of fused-ring (bicyclic) bond motifs is 1. The topological polar surface area (TPSA) is 87.5 Å². The summed E-state index contributed by atoms with van der Waals surface area (Å²) in [6.45, 7) is 0.555. The number of benzene rings is 1. The minimum atomic E-state index is -5.88. The van der Waals surface area contributed by atoms with Gasteiger partial charge in [0.15, 0.2) is 12.0 Å². The van der Waals surface area contributed by atoms with E-state index in [1.807, 2.05) is 0 Å². The van der Waals surface area contributed by atoms with Crippen molar-refractivity contribution in [2.45, 2.75) is 31.0 Å². The van der Waals surface area contributed by atoms with Crippen molar-refractivity contribution in [3.05, 3.63) is 23.9 Å². The molecule has 1 saturated heterocycles. The number of aldehydes is 1. The van der Waals surface area contributed by atoms with Crippen molar-refractivity contribution in [3.8, 4) is 5.75 Å². The van der Waals surface area contributed by atoms with Crippen LogP contribution in [0.1, 0.15) is 35.8 Å². The Balaban J connectivity index is 2.02. The van der Waals surface area contributed by atoms with Crippen LogP contribution in [0.3, 0.4) is 0 Å². The molecule has 0 spiro atoms. The van der Waals surface area contributed by atoms with Crippen molar-refractivity contribution >= 4 is 27.3 Å². The highest BCUT2D eigenvalue weighted by molar-refractivity contribution is 7.88. The molecule has 1 aliphatic rings. The van der Waals surface area contributed by atoms with Crippen LogP contribution in [0.5, 0.6) is 5.75 Å². The number of hydrogen-bond donors (Lipinski definition) is 0. The first-order valence-corrected chi connectivity index (χ1v) is 8.73. The molecule has 1 atom stereocenters. The molecule has 0 N–H and O–H groups in total. The zero-order valence-corrected chi connectivity index (χ0v) is 13.5. The maximum Gasteiger partial charge on any atom is 0.534 e. The van der Waals surface area contributed by atoms with Gasteiger partial charge in [0.05, 0.1) is 11.1 Å². The fourth-order valence-electron chi connectivity index (χ4n) is 2.55. The molecule has 3 rings (SSSR count). The number of hydrogen-bond acceptors (Lipinski definition) is 6. The SMILES string of the molecule is O=Cc1c(OS(=O)(=O)C(F)(F)F)ccc2nn(C3CCCCO3)cc12. The van der Waals surface area contributed by atoms with Crippen LogP contribution in [0.4, 0.5) is 13.2 Å². The third kappa shape index (κ3) is 3.33. The zero-order chi connectivity index (χ0) is 18.2. The van der Waals surface area contributed by atoms with Crippen LogP contribution in [-0.4, -0.2) is 36.6 Å². The minimum Gasteiger partial charge on any atom is -0.375 e. The highest BCUT2D eigenvalue weighted by atomic mass is 32.2. The number of halogens is 3. The first-order valence-electron chi connectivity index (χ1n) is 7.32. The number of carbonyl (C=O) groups is 1. The van der Waals surface area contributed by atoms with Gasteiger partial charge >= 0.3 is 15.6 Å². The molecule has 0 saturated carbocycles. The summed E-state index contributed by atoms with van der Waals surface area (Å²) in [5.41, 5.74) is -5.61. The molecule has 11 heteroatoms. The lowest BCUT2D eigenvalue weighted by Gasteiger charge is -2.22. The highest BCUT2D eigenvalue weighted by Crippen LogP contribution is 2.33. The number of nitrogens with zero attached hydrogens (tertiary/aromatic N) is 2. The van der Waals surface area contributed by atoms with Crippen LogP contribution in [0.25, 0.3) is 10.9 Å². The number of carbonyl (C=O) groups excluding carboxylic acids is 1. The van der Waals surface area contributed by atoms with Gasteiger partial charge in [-0.15, -0.1) is 0 Å². The predicted octanol–water partition coefficient (Wildman–Crippen LogP) is 2.78. The molecule has 136 valence electrons. The van der Waals surface area contributed by atoms with Crippen LogP contribution >= 0.6 is 0 Å². The minimum absolute atomic E-state index is 0.180. The third-order valence-electron chi connectivity index (χ3n) is 3.76. The Hall–Kier alpha value is -2.14. The van der Waals surface area contributed by atoms with E-state index in [0.717, 1.165) is 18.9 Å². The van der Waals surface area contributed by atoms with E-state index < -0.39 is 21.4 Å². The summed E-state index contributed by atoms with van der Waals surface area (Å²) in [5, 5.41) is 4.42. The summed E-state index contributed by atoms with van der Waals surface area (Å²) in [5.74, 6) is -0.705.